The first-order valence-electron chi connectivity index (χ1n) is 12.5. The fourth-order valence-electron chi connectivity index (χ4n) is 5.33. The van der Waals surface area contributed by atoms with Crippen LogP contribution >= 0.6 is 0 Å². The molecule has 1 aromatic heterocycles. The van der Waals surface area contributed by atoms with Crippen molar-refractivity contribution in [2.75, 3.05) is 26.7 Å². The van der Waals surface area contributed by atoms with Crippen LogP contribution in [0.25, 0.3) is 22.5 Å². The van der Waals surface area contributed by atoms with Gasteiger partial charge < -0.3 is 15.0 Å². The van der Waals surface area contributed by atoms with Gasteiger partial charge in [0.15, 0.2) is 0 Å². The molecule has 0 saturated carbocycles. The number of hydrogen-bond donors (Lipinski definition) is 2. The highest BCUT2D eigenvalue weighted by molar-refractivity contribution is 5.94. The molecule has 5 rings (SSSR count). The number of likely N-dealkylation sites (tertiary alicyclic amines) is 1. The van der Waals surface area contributed by atoms with Crippen LogP contribution in [0, 0.1) is 0 Å². The van der Waals surface area contributed by atoms with Crippen molar-refractivity contribution >= 4 is 5.91 Å². The molecule has 2 heterocycles. The molecule has 2 aromatic carbocycles. The zero-order chi connectivity index (χ0) is 23.5. The fourth-order valence-corrected chi connectivity index (χ4v) is 5.33. The van der Waals surface area contributed by atoms with Crippen molar-refractivity contribution in [3.8, 4) is 28.3 Å². The van der Waals surface area contributed by atoms with Gasteiger partial charge in [0, 0.05) is 41.4 Å². The maximum atomic E-state index is 12.6. The number of H-pyrrole nitrogens is 1. The molecule has 3 aromatic rings. The van der Waals surface area contributed by atoms with Gasteiger partial charge in [-0.15, -0.1) is 0 Å². The van der Waals surface area contributed by atoms with Crippen molar-refractivity contribution in [2.45, 2.75) is 51.5 Å². The summed E-state index contributed by atoms with van der Waals surface area (Å²) < 4.78 is 5.38. The second-order valence-electron chi connectivity index (χ2n) is 9.52. The van der Waals surface area contributed by atoms with E-state index in [1.54, 1.807) is 7.11 Å². The average Bonchev–Trinajstić information content (AvgIpc) is 3.32. The Hall–Kier alpha value is -3.12. The van der Waals surface area contributed by atoms with Crippen LogP contribution in [0.2, 0.25) is 0 Å². The standard InChI is InChI=1S/C28H34N4O2/c1-19-6-3-4-16-32(19)17-5-15-29-28(33)21-9-7-20(8-10-21)26-25-13-11-22-18-23(34-2)12-14-24(22)27(25)31-30-26/h7-10,12,14,18-19H,3-6,11,13,15-17H2,1-2H3,(H,29,33)(H,30,31). The van der Waals surface area contributed by atoms with Crippen LogP contribution in [0.3, 0.4) is 0 Å². The molecule has 1 atom stereocenters. The zero-order valence-corrected chi connectivity index (χ0v) is 20.2. The summed E-state index contributed by atoms with van der Waals surface area (Å²) in [5.41, 5.74) is 7.49. The lowest BCUT2D eigenvalue weighted by atomic mass is 9.87. The molecule has 0 bridgehead atoms. The number of rotatable bonds is 7. The predicted molar refractivity (Wildman–Crippen MR) is 135 cm³/mol. The summed E-state index contributed by atoms with van der Waals surface area (Å²) in [6.07, 6.45) is 6.81. The minimum absolute atomic E-state index is 0.00910. The van der Waals surface area contributed by atoms with Gasteiger partial charge >= 0.3 is 0 Å². The van der Waals surface area contributed by atoms with Gasteiger partial charge in [-0.25, -0.2) is 0 Å². The molecule has 178 valence electrons. The Labute approximate surface area is 201 Å². The number of hydrogen-bond acceptors (Lipinski definition) is 4. The quantitative estimate of drug-likeness (QED) is 0.497. The van der Waals surface area contributed by atoms with E-state index in [9.17, 15) is 4.79 Å². The largest absolute Gasteiger partial charge is 0.497 e. The highest BCUT2D eigenvalue weighted by Crippen LogP contribution is 2.38. The molecule has 1 saturated heterocycles. The van der Waals surface area contributed by atoms with Crippen LogP contribution in [0.15, 0.2) is 42.5 Å². The van der Waals surface area contributed by atoms with Crippen molar-refractivity contribution in [3.05, 3.63) is 59.2 Å². The molecule has 2 aliphatic rings. The van der Waals surface area contributed by atoms with Crippen LogP contribution in [0.5, 0.6) is 5.75 Å². The number of piperidine rings is 1. The van der Waals surface area contributed by atoms with Crippen molar-refractivity contribution in [1.82, 2.24) is 20.4 Å². The van der Waals surface area contributed by atoms with Crippen LogP contribution < -0.4 is 10.1 Å². The number of nitrogens with one attached hydrogen (secondary N) is 2. The Balaban J connectivity index is 1.21. The summed E-state index contributed by atoms with van der Waals surface area (Å²) >= 11 is 0. The van der Waals surface area contributed by atoms with Gasteiger partial charge in [0.05, 0.1) is 18.5 Å². The molecule has 1 aliphatic carbocycles. The number of carbonyl (C=O) groups excluding carboxylic acids is 1. The first-order valence-corrected chi connectivity index (χ1v) is 12.5. The maximum Gasteiger partial charge on any atom is 0.251 e. The molecule has 6 nitrogen and oxygen atoms in total. The van der Waals surface area contributed by atoms with Gasteiger partial charge in [-0.2, -0.15) is 5.10 Å². The summed E-state index contributed by atoms with van der Waals surface area (Å²) in [5, 5.41) is 11.0. The van der Waals surface area contributed by atoms with E-state index in [4.69, 9.17) is 4.74 Å². The lowest BCUT2D eigenvalue weighted by Gasteiger charge is -2.33. The van der Waals surface area contributed by atoms with E-state index in [0.717, 1.165) is 48.5 Å². The number of amides is 1. The minimum atomic E-state index is -0.00910. The predicted octanol–water partition coefficient (Wildman–Crippen LogP) is 4.85. The molecule has 6 heteroatoms. The number of aryl methyl sites for hydroxylation is 1. The highest BCUT2D eigenvalue weighted by atomic mass is 16.5. The van der Waals surface area contributed by atoms with Crippen molar-refractivity contribution in [1.29, 1.82) is 0 Å². The molecule has 0 spiro atoms. The van der Waals surface area contributed by atoms with Crippen LogP contribution in [0.4, 0.5) is 0 Å². The number of ether oxygens (including phenoxy) is 1. The monoisotopic (exact) mass is 458 g/mol. The van der Waals surface area contributed by atoms with Gasteiger partial charge in [0.1, 0.15) is 5.75 Å². The van der Waals surface area contributed by atoms with Gasteiger partial charge in [-0.3, -0.25) is 9.89 Å². The Morgan fingerprint density at radius 1 is 1.18 bits per heavy atom. The summed E-state index contributed by atoms with van der Waals surface area (Å²) in [4.78, 5) is 15.2. The van der Waals surface area contributed by atoms with Crippen LogP contribution in [0.1, 0.15) is 54.1 Å². The zero-order valence-electron chi connectivity index (χ0n) is 20.2. The lowest BCUT2D eigenvalue weighted by Crippen LogP contribution is -2.39. The average molecular weight is 459 g/mol. The number of aromatic amines is 1. The van der Waals surface area contributed by atoms with Gasteiger partial charge in [-0.05, 0) is 81.5 Å². The van der Waals surface area contributed by atoms with E-state index in [0.29, 0.717) is 18.2 Å². The maximum absolute atomic E-state index is 12.6. The topological polar surface area (TPSA) is 70.2 Å². The van der Waals surface area contributed by atoms with E-state index in [1.807, 2.05) is 30.3 Å². The summed E-state index contributed by atoms with van der Waals surface area (Å²) in [6.45, 7) is 5.26. The molecule has 1 amide bonds. The lowest BCUT2D eigenvalue weighted by molar-refractivity contribution is 0.0949. The summed E-state index contributed by atoms with van der Waals surface area (Å²) in [6, 6.07) is 14.7. The Morgan fingerprint density at radius 2 is 2.03 bits per heavy atom. The third kappa shape index (κ3) is 4.60. The van der Waals surface area contributed by atoms with E-state index in [-0.39, 0.29) is 5.91 Å². The van der Waals surface area contributed by atoms with Crippen molar-refractivity contribution in [2.24, 2.45) is 0 Å². The van der Waals surface area contributed by atoms with Gasteiger partial charge in [-0.1, -0.05) is 18.6 Å². The van der Waals surface area contributed by atoms with Crippen molar-refractivity contribution < 1.29 is 9.53 Å². The summed E-state index contributed by atoms with van der Waals surface area (Å²) in [5.74, 6) is 0.877. The Bertz CT molecular complexity index is 1150. The molecule has 2 N–H and O–H groups in total. The van der Waals surface area contributed by atoms with Gasteiger partial charge in [0.2, 0.25) is 0 Å². The molecule has 0 radical (unpaired) electrons. The number of nitrogens with zero attached hydrogens (tertiary/aromatic N) is 2. The number of methoxy groups -OCH3 is 1. The Kier molecular flexibility index (Phi) is 6.68. The fraction of sp³-hybridized carbons (Fsp3) is 0.429. The second-order valence-corrected chi connectivity index (χ2v) is 9.52. The number of fused-ring (bicyclic) bond motifs is 3. The van der Waals surface area contributed by atoms with E-state index >= 15 is 0 Å². The summed E-state index contributed by atoms with van der Waals surface area (Å²) in [7, 11) is 1.70. The third-order valence-corrected chi connectivity index (χ3v) is 7.36. The van der Waals surface area contributed by atoms with Crippen molar-refractivity contribution in [3.63, 3.8) is 0 Å². The van der Waals surface area contributed by atoms with Crippen LogP contribution in [-0.2, 0) is 12.8 Å². The van der Waals surface area contributed by atoms with E-state index < -0.39 is 0 Å². The third-order valence-electron chi connectivity index (χ3n) is 7.36. The number of benzene rings is 2. The van der Waals surface area contributed by atoms with E-state index in [1.165, 1.54) is 42.5 Å². The smallest absolute Gasteiger partial charge is 0.251 e. The van der Waals surface area contributed by atoms with Gasteiger partial charge in [0.25, 0.3) is 5.91 Å². The Morgan fingerprint density at radius 3 is 2.82 bits per heavy atom. The molecule has 1 unspecified atom stereocenters. The van der Waals surface area contributed by atoms with E-state index in [2.05, 4.69) is 39.5 Å². The minimum Gasteiger partial charge on any atom is -0.497 e. The SMILES string of the molecule is COc1ccc2c(c1)CCc1c(-c3ccc(C(=O)NCCCN4CCCCC4C)cc3)n[nH]c1-2. The normalized spacial score (nSPS) is 17.6. The highest BCUT2D eigenvalue weighted by Gasteiger charge is 2.23. The first-order chi connectivity index (χ1) is 16.6. The molecular formula is C28H34N4O2. The number of carbonyl (C=O) groups is 1. The second kappa shape index (κ2) is 10.0. The molecule has 1 fully saturated rings. The molecule has 1 aliphatic heterocycles. The first kappa shape index (κ1) is 22.7. The number of aromatic nitrogens is 2. The molecular weight excluding hydrogens is 424 g/mol. The molecule has 34 heavy (non-hydrogen) atoms. The van der Waals surface area contributed by atoms with Crippen LogP contribution in [-0.4, -0.2) is 53.8 Å².